The summed E-state index contributed by atoms with van der Waals surface area (Å²) in [6.07, 6.45) is 3.00. The van der Waals surface area contributed by atoms with Gasteiger partial charge in [0.15, 0.2) is 0 Å². The lowest BCUT2D eigenvalue weighted by Gasteiger charge is -2.14. The fourth-order valence-electron chi connectivity index (χ4n) is 1.50. The van der Waals surface area contributed by atoms with Crippen LogP contribution in [0.25, 0.3) is 0 Å². The number of nitrogens with one attached hydrogen (secondary N) is 2. The Kier molecular flexibility index (Phi) is 5.86. The van der Waals surface area contributed by atoms with E-state index in [0.29, 0.717) is 12.5 Å². The highest BCUT2D eigenvalue weighted by atomic mass is 32.2. The van der Waals surface area contributed by atoms with Crippen LogP contribution in [-0.4, -0.2) is 43.8 Å². The second-order valence-corrected chi connectivity index (χ2v) is 4.89. The number of carbonyl (C=O) groups is 1. The third kappa shape index (κ3) is 5.28. The van der Waals surface area contributed by atoms with Crippen molar-refractivity contribution in [2.75, 3.05) is 31.8 Å². The molecule has 1 aliphatic rings. The van der Waals surface area contributed by atoms with Crippen LogP contribution in [0.15, 0.2) is 0 Å². The molecule has 2 N–H and O–H groups in total. The normalized spacial score (nSPS) is 22.4. The molecule has 0 aromatic carbocycles. The number of thioether (sulfide) groups is 1. The maximum Gasteiger partial charge on any atom is 0.315 e. The minimum Gasteiger partial charge on any atom is -0.379 e. The van der Waals surface area contributed by atoms with Crippen LogP contribution >= 0.6 is 11.8 Å². The van der Waals surface area contributed by atoms with E-state index in [1.807, 2.05) is 0 Å². The first-order valence-electron chi connectivity index (χ1n) is 5.33. The molecule has 88 valence electrons. The van der Waals surface area contributed by atoms with Crippen molar-refractivity contribution in [2.24, 2.45) is 5.92 Å². The highest BCUT2D eigenvalue weighted by Gasteiger charge is 2.17. The zero-order chi connectivity index (χ0) is 11.1. The summed E-state index contributed by atoms with van der Waals surface area (Å²) in [7, 11) is 0. The molecule has 0 radical (unpaired) electrons. The van der Waals surface area contributed by atoms with E-state index in [9.17, 15) is 4.79 Å². The summed E-state index contributed by atoms with van der Waals surface area (Å²) >= 11 is 1.80. The fourth-order valence-corrected chi connectivity index (χ4v) is 2.18. The van der Waals surface area contributed by atoms with E-state index in [-0.39, 0.29) is 12.1 Å². The molecule has 5 heteroatoms. The average Bonchev–Trinajstić information content (AvgIpc) is 2.68. The molecule has 0 aromatic heterocycles. The van der Waals surface area contributed by atoms with E-state index in [2.05, 4.69) is 23.8 Å². The van der Waals surface area contributed by atoms with Crippen LogP contribution in [0.2, 0.25) is 0 Å². The maximum absolute atomic E-state index is 11.4. The van der Waals surface area contributed by atoms with Crippen molar-refractivity contribution in [1.29, 1.82) is 0 Å². The smallest absolute Gasteiger partial charge is 0.315 e. The van der Waals surface area contributed by atoms with Crippen molar-refractivity contribution in [3.05, 3.63) is 0 Å². The second-order valence-electron chi connectivity index (χ2n) is 3.98. The largest absolute Gasteiger partial charge is 0.379 e. The van der Waals surface area contributed by atoms with Crippen LogP contribution in [0.5, 0.6) is 0 Å². The van der Waals surface area contributed by atoms with Crippen molar-refractivity contribution in [3.63, 3.8) is 0 Å². The Morgan fingerprint density at radius 1 is 1.67 bits per heavy atom. The molecule has 0 aliphatic carbocycles. The molecule has 2 unspecified atom stereocenters. The van der Waals surface area contributed by atoms with Crippen molar-refractivity contribution in [2.45, 2.75) is 19.4 Å². The van der Waals surface area contributed by atoms with Gasteiger partial charge in [-0.05, 0) is 24.3 Å². The van der Waals surface area contributed by atoms with Gasteiger partial charge in [-0.15, -0.1) is 0 Å². The molecular formula is C10H20N2O2S. The van der Waals surface area contributed by atoms with E-state index in [0.717, 1.165) is 25.3 Å². The van der Waals surface area contributed by atoms with E-state index in [4.69, 9.17) is 4.74 Å². The van der Waals surface area contributed by atoms with Gasteiger partial charge in [-0.1, -0.05) is 6.92 Å². The van der Waals surface area contributed by atoms with Crippen LogP contribution in [0.1, 0.15) is 13.3 Å². The molecule has 0 bridgehead atoms. The molecule has 1 aliphatic heterocycles. The van der Waals surface area contributed by atoms with Gasteiger partial charge in [-0.25, -0.2) is 4.79 Å². The molecule has 2 amide bonds. The number of hydrogen-bond acceptors (Lipinski definition) is 3. The fraction of sp³-hybridized carbons (Fsp3) is 0.900. The highest BCUT2D eigenvalue weighted by molar-refractivity contribution is 7.98. The van der Waals surface area contributed by atoms with Gasteiger partial charge in [0.05, 0.1) is 12.6 Å². The first-order valence-corrected chi connectivity index (χ1v) is 6.72. The Labute approximate surface area is 95.5 Å². The van der Waals surface area contributed by atoms with Crippen LogP contribution in [0, 0.1) is 5.92 Å². The summed E-state index contributed by atoms with van der Waals surface area (Å²) < 4.78 is 5.18. The Morgan fingerprint density at radius 3 is 3.07 bits per heavy atom. The summed E-state index contributed by atoms with van der Waals surface area (Å²) in [5.74, 6) is 1.60. The van der Waals surface area contributed by atoms with Gasteiger partial charge in [-0.2, -0.15) is 11.8 Å². The van der Waals surface area contributed by atoms with E-state index in [1.165, 1.54) is 0 Å². The van der Waals surface area contributed by atoms with E-state index >= 15 is 0 Å². The molecule has 1 heterocycles. The SMILES string of the molecule is CSCC(C)CNC(=O)NC1CCOC1. The molecule has 15 heavy (non-hydrogen) atoms. The van der Waals surface area contributed by atoms with Gasteiger partial charge >= 0.3 is 6.03 Å². The van der Waals surface area contributed by atoms with Gasteiger partial charge < -0.3 is 15.4 Å². The molecule has 1 saturated heterocycles. The first-order chi connectivity index (χ1) is 7.22. The molecule has 2 atom stereocenters. The zero-order valence-corrected chi connectivity index (χ0v) is 10.2. The van der Waals surface area contributed by atoms with Gasteiger partial charge in [0.1, 0.15) is 0 Å². The Bertz CT molecular complexity index is 196. The minimum absolute atomic E-state index is 0.0709. The third-order valence-electron chi connectivity index (χ3n) is 2.33. The minimum atomic E-state index is -0.0709. The number of amides is 2. The molecule has 1 rings (SSSR count). The second kappa shape index (κ2) is 6.95. The topological polar surface area (TPSA) is 50.4 Å². The average molecular weight is 232 g/mol. The summed E-state index contributed by atoms with van der Waals surface area (Å²) in [4.78, 5) is 11.4. The lowest BCUT2D eigenvalue weighted by Crippen LogP contribution is -2.43. The predicted octanol–water partition coefficient (Wildman–Crippen LogP) is 1.07. The number of rotatable bonds is 5. The Balaban J connectivity index is 2.07. The predicted molar refractivity (Wildman–Crippen MR) is 63.3 cm³/mol. The zero-order valence-electron chi connectivity index (χ0n) is 9.41. The first kappa shape index (κ1) is 12.6. The molecule has 0 aromatic rings. The summed E-state index contributed by atoms with van der Waals surface area (Å²) in [6.45, 7) is 4.28. The van der Waals surface area contributed by atoms with Crippen molar-refractivity contribution in [1.82, 2.24) is 10.6 Å². The summed E-state index contributed by atoms with van der Waals surface area (Å²) in [5, 5.41) is 5.77. The number of ether oxygens (including phenoxy) is 1. The van der Waals surface area contributed by atoms with Crippen LogP contribution in [-0.2, 0) is 4.74 Å². The van der Waals surface area contributed by atoms with E-state index < -0.39 is 0 Å². The molecule has 4 nitrogen and oxygen atoms in total. The van der Waals surface area contributed by atoms with Gasteiger partial charge in [0.2, 0.25) is 0 Å². The lowest BCUT2D eigenvalue weighted by molar-refractivity contribution is 0.188. The number of hydrogen-bond donors (Lipinski definition) is 2. The molecule has 0 spiro atoms. The van der Waals surface area contributed by atoms with Crippen LogP contribution < -0.4 is 10.6 Å². The van der Waals surface area contributed by atoms with E-state index in [1.54, 1.807) is 11.8 Å². The summed E-state index contributed by atoms with van der Waals surface area (Å²) in [5.41, 5.74) is 0. The molecular weight excluding hydrogens is 212 g/mol. The summed E-state index contributed by atoms with van der Waals surface area (Å²) in [6, 6.07) is 0.124. The van der Waals surface area contributed by atoms with Crippen molar-refractivity contribution in [3.8, 4) is 0 Å². The van der Waals surface area contributed by atoms with Gasteiger partial charge in [0.25, 0.3) is 0 Å². The van der Waals surface area contributed by atoms with Crippen molar-refractivity contribution < 1.29 is 9.53 Å². The lowest BCUT2D eigenvalue weighted by atomic mass is 10.2. The number of carbonyl (C=O) groups excluding carboxylic acids is 1. The number of urea groups is 1. The van der Waals surface area contributed by atoms with Crippen molar-refractivity contribution >= 4 is 17.8 Å². The highest BCUT2D eigenvalue weighted by Crippen LogP contribution is 2.04. The maximum atomic E-state index is 11.4. The van der Waals surface area contributed by atoms with Crippen LogP contribution in [0.3, 0.4) is 0 Å². The van der Waals surface area contributed by atoms with Crippen LogP contribution in [0.4, 0.5) is 4.79 Å². The molecule has 0 saturated carbocycles. The Hall–Kier alpha value is -0.420. The monoisotopic (exact) mass is 232 g/mol. The van der Waals surface area contributed by atoms with Gasteiger partial charge in [-0.3, -0.25) is 0 Å². The Morgan fingerprint density at radius 2 is 2.47 bits per heavy atom. The standard InChI is InChI=1S/C10H20N2O2S/c1-8(7-15-2)5-11-10(13)12-9-3-4-14-6-9/h8-9H,3-7H2,1-2H3,(H2,11,12,13). The third-order valence-corrected chi connectivity index (χ3v) is 3.23. The van der Waals surface area contributed by atoms with Gasteiger partial charge in [0, 0.05) is 13.2 Å². The quantitative estimate of drug-likeness (QED) is 0.745. The molecule has 1 fully saturated rings.